The predicted molar refractivity (Wildman–Crippen MR) is 119 cm³/mol. The summed E-state index contributed by atoms with van der Waals surface area (Å²) in [5.74, 6) is 1.36. The summed E-state index contributed by atoms with van der Waals surface area (Å²) >= 11 is 3.60. The third-order valence-corrected chi connectivity index (χ3v) is 5.20. The maximum Gasteiger partial charge on any atom is 0.175 e. The van der Waals surface area contributed by atoms with Crippen LogP contribution in [0.15, 0.2) is 71.2 Å². The summed E-state index contributed by atoms with van der Waals surface area (Å²) in [6.45, 7) is 3.61. The topological polar surface area (TPSA) is 50.7 Å². The zero-order valence-electron chi connectivity index (χ0n) is 16.7. The molecule has 0 saturated heterocycles. The lowest BCUT2D eigenvalue weighted by Gasteiger charge is -2.16. The van der Waals surface area contributed by atoms with Crippen LogP contribution in [0.3, 0.4) is 0 Å². The number of aryl methyl sites for hydroxylation is 1. The van der Waals surface area contributed by atoms with E-state index in [2.05, 4.69) is 40.3 Å². The molecule has 29 heavy (non-hydrogen) atoms. The predicted octanol–water partition coefficient (Wildman–Crippen LogP) is 5.17. The summed E-state index contributed by atoms with van der Waals surface area (Å²) in [5.41, 5.74) is 4.26. The maximum atomic E-state index is 10.3. The molecule has 0 spiro atoms. The SMILES string of the molecule is COc1cc(CNC[C@@H](O)c2ccccc2)cc(Br)c1OCc1cccc(C)c1. The third kappa shape index (κ3) is 6.07. The maximum absolute atomic E-state index is 10.3. The van der Waals surface area contributed by atoms with Gasteiger partial charge in [-0.05, 0) is 51.7 Å². The van der Waals surface area contributed by atoms with Crippen molar-refractivity contribution in [1.82, 2.24) is 5.32 Å². The molecule has 1 atom stereocenters. The van der Waals surface area contributed by atoms with Gasteiger partial charge in [-0.3, -0.25) is 0 Å². The second-order valence-corrected chi connectivity index (χ2v) is 7.80. The van der Waals surface area contributed by atoms with Crippen molar-refractivity contribution in [2.24, 2.45) is 0 Å². The number of hydrogen-bond acceptors (Lipinski definition) is 4. The first-order chi connectivity index (χ1) is 14.1. The van der Waals surface area contributed by atoms with Gasteiger partial charge in [-0.25, -0.2) is 0 Å². The van der Waals surface area contributed by atoms with Crippen LogP contribution < -0.4 is 14.8 Å². The van der Waals surface area contributed by atoms with Crippen LogP contribution in [0.1, 0.15) is 28.4 Å². The minimum Gasteiger partial charge on any atom is -0.493 e. The molecule has 0 aliphatic heterocycles. The van der Waals surface area contributed by atoms with Crippen LogP contribution in [0, 0.1) is 6.92 Å². The lowest BCUT2D eigenvalue weighted by Crippen LogP contribution is -2.21. The lowest BCUT2D eigenvalue weighted by molar-refractivity contribution is 0.174. The Morgan fingerprint density at radius 2 is 1.79 bits per heavy atom. The highest BCUT2D eigenvalue weighted by molar-refractivity contribution is 9.10. The number of aliphatic hydroxyl groups excluding tert-OH is 1. The first-order valence-electron chi connectivity index (χ1n) is 9.55. The second-order valence-electron chi connectivity index (χ2n) is 6.94. The molecule has 0 aliphatic carbocycles. The normalized spacial score (nSPS) is 11.9. The van der Waals surface area contributed by atoms with E-state index in [0.29, 0.717) is 31.2 Å². The standard InChI is InChI=1S/C24H26BrNO3/c1-17-7-6-8-18(11-17)16-29-24-21(25)12-19(13-23(24)28-2)14-26-15-22(27)20-9-4-3-5-10-20/h3-13,22,26-27H,14-16H2,1-2H3/t22-/m1/s1. The van der Waals surface area contributed by atoms with Crippen LogP contribution in [0.2, 0.25) is 0 Å². The average molecular weight is 456 g/mol. The molecule has 0 amide bonds. The van der Waals surface area contributed by atoms with E-state index in [1.807, 2.05) is 54.6 Å². The molecule has 0 unspecified atom stereocenters. The molecule has 0 radical (unpaired) electrons. The number of methoxy groups -OCH3 is 1. The quantitative estimate of drug-likeness (QED) is 0.467. The van der Waals surface area contributed by atoms with Crippen LogP contribution >= 0.6 is 15.9 Å². The average Bonchev–Trinajstić information content (AvgIpc) is 2.73. The zero-order valence-corrected chi connectivity index (χ0v) is 18.3. The molecule has 4 nitrogen and oxygen atoms in total. The van der Waals surface area contributed by atoms with Crippen molar-refractivity contribution in [1.29, 1.82) is 0 Å². The van der Waals surface area contributed by atoms with Crippen molar-refractivity contribution in [3.63, 3.8) is 0 Å². The molecule has 0 fully saturated rings. The summed E-state index contributed by atoms with van der Waals surface area (Å²) in [4.78, 5) is 0. The second kappa shape index (κ2) is 10.4. The summed E-state index contributed by atoms with van der Waals surface area (Å²) in [6.07, 6.45) is -0.543. The number of rotatable bonds is 9. The molecule has 0 bridgehead atoms. The van der Waals surface area contributed by atoms with Gasteiger partial charge >= 0.3 is 0 Å². The molecular weight excluding hydrogens is 430 g/mol. The van der Waals surface area contributed by atoms with Crippen molar-refractivity contribution in [3.05, 3.63) is 93.5 Å². The summed E-state index contributed by atoms with van der Waals surface area (Å²) in [6, 6.07) is 21.9. The molecule has 152 valence electrons. The summed E-state index contributed by atoms with van der Waals surface area (Å²) in [5, 5.41) is 13.6. The van der Waals surface area contributed by atoms with E-state index in [1.165, 1.54) is 5.56 Å². The van der Waals surface area contributed by atoms with Crippen molar-refractivity contribution in [3.8, 4) is 11.5 Å². The van der Waals surface area contributed by atoms with Crippen LogP contribution in [0.5, 0.6) is 11.5 Å². The molecule has 3 rings (SSSR count). The molecule has 0 heterocycles. The molecule has 0 aromatic heterocycles. The van der Waals surface area contributed by atoms with Crippen LogP contribution in [-0.2, 0) is 13.2 Å². The van der Waals surface area contributed by atoms with Gasteiger partial charge in [-0.15, -0.1) is 0 Å². The van der Waals surface area contributed by atoms with Gasteiger partial charge in [0, 0.05) is 13.1 Å². The lowest BCUT2D eigenvalue weighted by atomic mass is 10.1. The Bertz CT molecular complexity index is 931. The summed E-state index contributed by atoms with van der Waals surface area (Å²) in [7, 11) is 1.64. The van der Waals surface area contributed by atoms with Crippen LogP contribution in [-0.4, -0.2) is 18.8 Å². The first-order valence-corrected chi connectivity index (χ1v) is 10.3. The number of aliphatic hydroxyl groups is 1. The highest BCUT2D eigenvalue weighted by Gasteiger charge is 2.13. The van der Waals surface area contributed by atoms with E-state index in [4.69, 9.17) is 9.47 Å². The van der Waals surface area contributed by atoms with E-state index >= 15 is 0 Å². The fourth-order valence-corrected chi connectivity index (χ4v) is 3.72. The van der Waals surface area contributed by atoms with Gasteiger partial charge in [0.25, 0.3) is 0 Å². The fourth-order valence-electron chi connectivity index (χ4n) is 3.12. The zero-order chi connectivity index (χ0) is 20.6. The number of nitrogens with one attached hydrogen (secondary N) is 1. The molecule has 0 aliphatic rings. The van der Waals surface area contributed by atoms with E-state index in [9.17, 15) is 5.11 Å². The van der Waals surface area contributed by atoms with Crippen molar-refractivity contribution < 1.29 is 14.6 Å². The van der Waals surface area contributed by atoms with Crippen molar-refractivity contribution in [2.45, 2.75) is 26.2 Å². The molecule has 2 N–H and O–H groups in total. The van der Waals surface area contributed by atoms with Gasteiger partial charge in [-0.2, -0.15) is 0 Å². The van der Waals surface area contributed by atoms with Crippen LogP contribution in [0.25, 0.3) is 0 Å². The Labute approximate surface area is 180 Å². The van der Waals surface area contributed by atoms with Gasteiger partial charge in [0.1, 0.15) is 6.61 Å². The largest absolute Gasteiger partial charge is 0.493 e. The smallest absolute Gasteiger partial charge is 0.175 e. The minimum absolute atomic E-state index is 0.468. The minimum atomic E-state index is -0.543. The van der Waals surface area contributed by atoms with Gasteiger partial charge in [-0.1, -0.05) is 60.2 Å². The first kappa shape index (κ1) is 21.4. The van der Waals surface area contributed by atoms with Gasteiger partial charge < -0.3 is 19.9 Å². The fraction of sp³-hybridized carbons (Fsp3) is 0.250. The molecule has 5 heteroatoms. The van der Waals surface area contributed by atoms with E-state index in [1.54, 1.807) is 7.11 Å². The van der Waals surface area contributed by atoms with E-state index in [-0.39, 0.29) is 0 Å². The number of halogens is 1. The number of ether oxygens (including phenoxy) is 2. The Hall–Kier alpha value is -2.34. The molecule has 3 aromatic carbocycles. The van der Waals surface area contributed by atoms with Gasteiger partial charge in [0.05, 0.1) is 17.7 Å². The Morgan fingerprint density at radius 3 is 2.52 bits per heavy atom. The monoisotopic (exact) mass is 455 g/mol. The van der Waals surface area contributed by atoms with Gasteiger partial charge in [0.2, 0.25) is 0 Å². The van der Waals surface area contributed by atoms with E-state index < -0.39 is 6.10 Å². The van der Waals surface area contributed by atoms with Gasteiger partial charge in [0.15, 0.2) is 11.5 Å². The highest BCUT2D eigenvalue weighted by Crippen LogP contribution is 2.37. The molecule has 3 aromatic rings. The Kier molecular flexibility index (Phi) is 7.69. The summed E-state index contributed by atoms with van der Waals surface area (Å²) < 4.78 is 12.4. The Morgan fingerprint density at radius 1 is 1.00 bits per heavy atom. The van der Waals surface area contributed by atoms with Crippen molar-refractivity contribution in [2.75, 3.05) is 13.7 Å². The molecule has 0 saturated carbocycles. The van der Waals surface area contributed by atoms with E-state index in [0.717, 1.165) is 21.2 Å². The number of benzene rings is 3. The number of hydrogen-bond donors (Lipinski definition) is 2. The molecular formula is C24H26BrNO3. The highest BCUT2D eigenvalue weighted by atomic mass is 79.9. The van der Waals surface area contributed by atoms with Crippen LogP contribution in [0.4, 0.5) is 0 Å². The van der Waals surface area contributed by atoms with Crippen molar-refractivity contribution >= 4 is 15.9 Å². The Balaban J connectivity index is 1.61. The third-order valence-electron chi connectivity index (χ3n) is 4.61.